The van der Waals surface area contributed by atoms with Gasteiger partial charge < -0.3 is 14.7 Å². The number of carbonyl (C=O) groups is 1. The van der Waals surface area contributed by atoms with E-state index in [0.717, 1.165) is 24.8 Å². The van der Waals surface area contributed by atoms with Gasteiger partial charge in [0.25, 0.3) is 0 Å². The first kappa shape index (κ1) is 17.9. The summed E-state index contributed by atoms with van der Waals surface area (Å²) in [6, 6.07) is 14.5. The van der Waals surface area contributed by atoms with Crippen LogP contribution in [0.2, 0.25) is 0 Å². The van der Waals surface area contributed by atoms with Crippen LogP contribution in [-0.2, 0) is 16.1 Å². The van der Waals surface area contributed by atoms with Gasteiger partial charge in [-0.25, -0.2) is 0 Å². The third kappa shape index (κ3) is 4.39. The van der Waals surface area contributed by atoms with Gasteiger partial charge in [0, 0.05) is 26.1 Å². The molecule has 0 aromatic heterocycles. The topological polar surface area (TPSA) is 49.8 Å². The lowest BCUT2D eigenvalue weighted by Crippen LogP contribution is -2.40. The zero-order valence-electron chi connectivity index (χ0n) is 14.9. The standard InChI is InChI=1S/C21H27NO3/c1-25-13-12-22(21(24)17-8-5-10-19(23)14-17)15-18-9-4-7-16-6-2-3-11-20(16)18/h2-4,6-7,9,11,17,19,23H,5,8,10,12-15H2,1H3/t17-,19-/m0/s1. The molecule has 0 aliphatic heterocycles. The Kier molecular flexibility index (Phi) is 6.05. The van der Waals surface area contributed by atoms with Gasteiger partial charge in [-0.2, -0.15) is 0 Å². The van der Waals surface area contributed by atoms with Gasteiger partial charge in [0.05, 0.1) is 12.7 Å². The van der Waals surface area contributed by atoms with Gasteiger partial charge in [-0.1, -0.05) is 48.9 Å². The first-order chi connectivity index (χ1) is 12.2. The van der Waals surface area contributed by atoms with Crippen LogP contribution in [0.15, 0.2) is 42.5 Å². The highest BCUT2D eigenvalue weighted by molar-refractivity contribution is 5.86. The highest BCUT2D eigenvalue weighted by Gasteiger charge is 2.29. The predicted octanol–water partition coefficient (Wildman–Crippen LogP) is 3.37. The number of fused-ring (bicyclic) bond motifs is 1. The van der Waals surface area contributed by atoms with Gasteiger partial charge in [-0.15, -0.1) is 0 Å². The van der Waals surface area contributed by atoms with Crippen LogP contribution in [0, 0.1) is 5.92 Å². The molecule has 2 aromatic rings. The molecule has 25 heavy (non-hydrogen) atoms. The Morgan fingerprint density at radius 1 is 1.20 bits per heavy atom. The maximum absolute atomic E-state index is 13.0. The lowest BCUT2D eigenvalue weighted by molar-refractivity contribution is -0.139. The monoisotopic (exact) mass is 341 g/mol. The van der Waals surface area contributed by atoms with Crippen LogP contribution < -0.4 is 0 Å². The van der Waals surface area contributed by atoms with E-state index >= 15 is 0 Å². The molecular formula is C21H27NO3. The summed E-state index contributed by atoms with van der Waals surface area (Å²) in [6.07, 6.45) is 2.84. The number of aliphatic hydroxyl groups excluding tert-OH is 1. The van der Waals surface area contributed by atoms with E-state index in [1.807, 2.05) is 23.1 Å². The molecule has 1 aliphatic carbocycles. The second kappa shape index (κ2) is 8.45. The maximum atomic E-state index is 13.0. The van der Waals surface area contributed by atoms with Crippen LogP contribution in [0.5, 0.6) is 0 Å². The molecule has 4 nitrogen and oxygen atoms in total. The number of rotatable bonds is 6. The second-order valence-electron chi connectivity index (χ2n) is 6.91. The van der Waals surface area contributed by atoms with Crippen molar-refractivity contribution in [2.24, 2.45) is 5.92 Å². The average Bonchev–Trinajstić information content (AvgIpc) is 2.64. The first-order valence-corrected chi connectivity index (χ1v) is 9.11. The molecular weight excluding hydrogens is 314 g/mol. The van der Waals surface area contributed by atoms with E-state index in [0.29, 0.717) is 26.1 Å². The number of hydrogen-bond donors (Lipinski definition) is 1. The van der Waals surface area contributed by atoms with Crippen molar-refractivity contribution in [1.29, 1.82) is 0 Å². The van der Waals surface area contributed by atoms with Crippen LogP contribution >= 0.6 is 0 Å². The van der Waals surface area contributed by atoms with E-state index in [1.54, 1.807) is 7.11 Å². The van der Waals surface area contributed by atoms with Crippen molar-refractivity contribution < 1.29 is 14.6 Å². The molecule has 0 saturated heterocycles. The molecule has 2 aromatic carbocycles. The molecule has 0 heterocycles. The number of hydrogen-bond acceptors (Lipinski definition) is 3. The lowest BCUT2D eigenvalue weighted by Gasteiger charge is -2.31. The van der Waals surface area contributed by atoms with Gasteiger partial charge >= 0.3 is 0 Å². The van der Waals surface area contributed by atoms with Crippen molar-refractivity contribution in [2.75, 3.05) is 20.3 Å². The summed E-state index contributed by atoms with van der Waals surface area (Å²) in [5.41, 5.74) is 1.15. The third-order valence-corrected chi connectivity index (χ3v) is 5.11. The summed E-state index contributed by atoms with van der Waals surface area (Å²) >= 11 is 0. The van der Waals surface area contributed by atoms with E-state index in [1.165, 1.54) is 10.8 Å². The second-order valence-corrected chi connectivity index (χ2v) is 6.91. The van der Waals surface area contributed by atoms with E-state index < -0.39 is 0 Å². The molecule has 1 fully saturated rings. The fourth-order valence-electron chi connectivity index (χ4n) is 3.75. The van der Waals surface area contributed by atoms with Crippen LogP contribution in [0.3, 0.4) is 0 Å². The minimum Gasteiger partial charge on any atom is -0.393 e. The molecule has 2 atom stereocenters. The molecule has 1 N–H and O–H groups in total. The smallest absolute Gasteiger partial charge is 0.226 e. The van der Waals surface area contributed by atoms with Crippen molar-refractivity contribution in [3.63, 3.8) is 0 Å². The molecule has 0 bridgehead atoms. The molecule has 3 rings (SSSR count). The number of methoxy groups -OCH3 is 1. The molecule has 0 unspecified atom stereocenters. The quantitative estimate of drug-likeness (QED) is 0.876. The van der Waals surface area contributed by atoms with Gasteiger partial charge in [-0.05, 0) is 35.6 Å². The Morgan fingerprint density at radius 2 is 2.00 bits per heavy atom. The first-order valence-electron chi connectivity index (χ1n) is 9.11. The van der Waals surface area contributed by atoms with Crippen LogP contribution in [0.4, 0.5) is 0 Å². The van der Waals surface area contributed by atoms with E-state index in [-0.39, 0.29) is 17.9 Å². The molecule has 4 heteroatoms. The van der Waals surface area contributed by atoms with Crippen molar-refractivity contribution in [2.45, 2.75) is 38.3 Å². The molecule has 1 aliphatic rings. The fourth-order valence-corrected chi connectivity index (χ4v) is 3.75. The minimum absolute atomic E-state index is 0.0735. The van der Waals surface area contributed by atoms with Crippen molar-refractivity contribution in [3.05, 3.63) is 48.0 Å². The maximum Gasteiger partial charge on any atom is 0.226 e. The summed E-state index contributed by atoms with van der Waals surface area (Å²) in [7, 11) is 1.66. The Labute approximate surface area is 149 Å². The van der Waals surface area contributed by atoms with Crippen molar-refractivity contribution in [3.8, 4) is 0 Å². The van der Waals surface area contributed by atoms with Gasteiger partial charge in [0.1, 0.15) is 0 Å². The zero-order valence-corrected chi connectivity index (χ0v) is 14.9. The summed E-state index contributed by atoms with van der Waals surface area (Å²) in [5, 5.41) is 12.3. The van der Waals surface area contributed by atoms with Gasteiger partial charge in [0.15, 0.2) is 0 Å². The molecule has 1 amide bonds. The number of benzene rings is 2. The predicted molar refractivity (Wildman–Crippen MR) is 99.2 cm³/mol. The Hall–Kier alpha value is -1.91. The zero-order chi connectivity index (χ0) is 17.6. The Balaban J connectivity index is 1.81. The highest BCUT2D eigenvalue weighted by atomic mass is 16.5. The third-order valence-electron chi connectivity index (χ3n) is 5.11. The summed E-state index contributed by atoms with van der Waals surface area (Å²) in [4.78, 5) is 14.9. The highest BCUT2D eigenvalue weighted by Crippen LogP contribution is 2.27. The Morgan fingerprint density at radius 3 is 2.80 bits per heavy atom. The molecule has 1 saturated carbocycles. The SMILES string of the molecule is COCCN(Cc1cccc2ccccc12)C(=O)[C@H]1CCC[C@H](O)C1. The molecule has 0 spiro atoms. The average molecular weight is 341 g/mol. The number of amides is 1. The van der Waals surface area contributed by atoms with Crippen molar-refractivity contribution >= 4 is 16.7 Å². The number of aliphatic hydroxyl groups is 1. The summed E-state index contributed by atoms with van der Waals surface area (Å²) in [6.45, 7) is 1.67. The minimum atomic E-state index is -0.343. The van der Waals surface area contributed by atoms with Gasteiger partial charge in [0.2, 0.25) is 5.91 Å². The van der Waals surface area contributed by atoms with Crippen LogP contribution in [0.25, 0.3) is 10.8 Å². The summed E-state index contributed by atoms with van der Waals surface area (Å²) in [5.74, 6) is 0.0688. The molecule has 134 valence electrons. The number of nitrogens with zero attached hydrogens (tertiary/aromatic N) is 1. The Bertz CT molecular complexity index is 710. The number of carbonyl (C=O) groups excluding carboxylic acids is 1. The van der Waals surface area contributed by atoms with Crippen molar-refractivity contribution in [1.82, 2.24) is 4.90 Å². The fraction of sp³-hybridized carbons (Fsp3) is 0.476. The largest absolute Gasteiger partial charge is 0.393 e. The van der Waals surface area contributed by atoms with Gasteiger partial charge in [-0.3, -0.25) is 4.79 Å². The van der Waals surface area contributed by atoms with Crippen LogP contribution in [-0.4, -0.2) is 42.3 Å². The normalized spacial score (nSPS) is 20.6. The lowest BCUT2D eigenvalue weighted by atomic mass is 9.86. The van der Waals surface area contributed by atoms with E-state index in [4.69, 9.17) is 4.74 Å². The van der Waals surface area contributed by atoms with E-state index in [9.17, 15) is 9.90 Å². The molecule has 0 radical (unpaired) electrons. The number of ether oxygens (including phenoxy) is 1. The van der Waals surface area contributed by atoms with E-state index in [2.05, 4.69) is 24.3 Å². The van der Waals surface area contributed by atoms with Crippen LogP contribution in [0.1, 0.15) is 31.2 Å². The summed E-state index contributed by atoms with van der Waals surface area (Å²) < 4.78 is 5.21.